The Balaban J connectivity index is 1.57. The Bertz CT molecular complexity index is 799. The minimum Gasteiger partial charge on any atom is -0.381 e. The largest absolute Gasteiger partial charge is 0.381 e. The number of benzene rings is 3. The van der Waals surface area contributed by atoms with Crippen LogP contribution in [0.1, 0.15) is 15.9 Å². The molecule has 2 N–H and O–H groups in total. The van der Waals surface area contributed by atoms with Gasteiger partial charge in [-0.05, 0) is 54.1 Å². The predicted molar refractivity (Wildman–Crippen MR) is 99.6 cm³/mol. The lowest BCUT2D eigenvalue weighted by molar-refractivity contribution is 0.102. The third-order valence-corrected chi connectivity index (χ3v) is 3.84. The van der Waals surface area contributed by atoms with Crippen molar-refractivity contribution < 1.29 is 4.79 Å². The Morgan fingerprint density at radius 2 is 1.42 bits per heavy atom. The van der Waals surface area contributed by atoms with Crippen molar-refractivity contribution in [1.82, 2.24) is 0 Å². The molecule has 0 aliphatic rings. The molecule has 0 saturated carbocycles. The summed E-state index contributed by atoms with van der Waals surface area (Å²) in [6.45, 7) is 0.715. The number of halogens is 1. The van der Waals surface area contributed by atoms with Crippen LogP contribution >= 0.6 is 11.6 Å². The van der Waals surface area contributed by atoms with Crippen molar-refractivity contribution >= 4 is 28.9 Å². The molecule has 0 aliphatic heterocycles. The third kappa shape index (κ3) is 4.37. The van der Waals surface area contributed by atoms with Gasteiger partial charge in [0.2, 0.25) is 0 Å². The van der Waals surface area contributed by atoms with Crippen LogP contribution < -0.4 is 10.6 Å². The number of nitrogens with one attached hydrogen (secondary N) is 2. The van der Waals surface area contributed by atoms with E-state index < -0.39 is 0 Å². The first-order valence-corrected chi connectivity index (χ1v) is 8.03. The summed E-state index contributed by atoms with van der Waals surface area (Å²) in [5.74, 6) is -0.113. The maximum absolute atomic E-state index is 12.1. The van der Waals surface area contributed by atoms with E-state index in [1.807, 2.05) is 66.7 Å². The lowest BCUT2D eigenvalue weighted by Crippen LogP contribution is -2.11. The first-order valence-electron chi connectivity index (χ1n) is 7.65. The normalized spacial score (nSPS) is 10.2. The zero-order valence-corrected chi connectivity index (χ0v) is 13.8. The van der Waals surface area contributed by atoms with Gasteiger partial charge in [0.1, 0.15) is 0 Å². The summed E-state index contributed by atoms with van der Waals surface area (Å²) >= 11 is 5.88. The fourth-order valence-electron chi connectivity index (χ4n) is 2.27. The van der Waals surface area contributed by atoms with Gasteiger partial charge in [-0.2, -0.15) is 0 Å². The van der Waals surface area contributed by atoms with E-state index in [-0.39, 0.29) is 5.91 Å². The number of hydrogen-bond donors (Lipinski definition) is 2. The van der Waals surface area contributed by atoms with Crippen molar-refractivity contribution in [3.05, 3.63) is 95.0 Å². The monoisotopic (exact) mass is 336 g/mol. The summed E-state index contributed by atoms with van der Waals surface area (Å²) in [5.41, 5.74) is 3.55. The van der Waals surface area contributed by atoms with Crippen LogP contribution in [0.2, 0.25) is 5.02 Å². The lowest BCUT2D eigenvalue weighted by atomic mass is 10.2. The predicted octanol–water partition coefficient (Wildman–Crippen LogP) is 5.20. The molecule has 0 aliphatic carbocycles. The molecule has 3 rings (SSSR count). The summed E-state index contributed by atoms with van der Waals surface area (Å²) in [6, 6.07) is 24.5. The van der Waals surface area contributed by atoms with E-state index in [0.29, 0.717) is 12.1 Å². The number of carbonyl (C=O) groups is 1. The second-order valence-corrected chi connectivity index (χ2v) is 5.81. The maximum Gasteiger partial charge on any atom is 0.255 e. The molecule has 0 heterocycles. The highest BCUT2D eigenvalue weighted by molar-refractivity contribution is 6.30. The van der Waals surface area contributed by atoms with Gasteiger partial charge in [0, 0.05) is 28.5 Å². The average Bonchev–Trinajstić information content (AvgIpc) is 2.63. The quantitative estimate of drug-likeness (QED) is 0.672. The van der Waals surface area contributed by atoms with Crippen molar-refractivity contribution in [2.45, 2.75) is 6.54 Å². The van der Waals surface area contributed by atoms with Crippen molar-refractivity contribution in [2.75, 3.05) is 10.6 Å². The number of carbonyl (C=O) groups excluding carboxylic acids is 1. The Morgan fingerprint density at radius 1 is 0.792 bits per heavy atom. The molecular formula is C20H17ClN2O. The molecule has 0 unspecified atom stereocenters. The summed E-state index contributed by atoms with van der Waals surface area (Å²) in [4.78, 5) is 12.1. The SMILES string of the molecule is O=C(Nc1ccc(NCc2ccc(Cl)cc2)cc1)c1ccccc1. The molecule has 1 amide bonds. The highest BCUT2D eigenvalue weighted by Gasteiger charge is 2.04. The average molecular weight is 337 g/mol. The van der Waals surface area contributed by atoms with Gasteiger partial charge >= 0.3 is 0 Å². The summed E-state index contributed by atoms with van der Waals surface area (Å²) in [5, 5.41) is 6.95. The Hall–Kier alpha value is -2.78. The van der Waals surface area contributed by atoms with E-state index >= 15 is 0 Å². The molecule has 120 valence electrons. The minimum absolute atomic E-state index is 0.113. The van der Waals surface area contributed by atoms with E-state index in [1.165, 1.54) is 0 Å². The highest BCUT2D eigenvalue weighted by atomic mass is 35.5. The number of rotatable bonds is 5. The van der Waals surface area contributed by atoms with E-state index in [1.54, 1.807) is 12.1 Å². The molecule has 0 aromatic heterocycles. The molecule has 0 fully saturated rings. The van der Waals surface area contributed by atoms with Crippen LogP contribution in [0.4, 0.5) is 11.4 Å². The van der Waals surface area contributed by atoms with Gasteiger partial charge in [-0.15, -0.1) is 0 Å². The second kappa shape index (κ2) is 7.66. The Labute approximate surface area is 146 Å². The number of amides is 1. The van der Waals surface area contributed by atoms with Gasteiger partial charge in [0.05, 0.1) is 0 Å². The fraction of sp³-hybridized carbons (Fsp3) is 0.0500. The molecule has 0 bridgehead atoms. The van der Waals surface area contributed by atoms with Gasteiger partial charge in [-0.3, -0.25) is 4.79 Å². The molecule has 3 nitrogen and oxygen atoms in total. The fourth-order valence-corrected chi connectivity index (χ4v) is 2.40. The molecule has 0 atom stereocenters. The lowest BCUT2D eigenvalue weighted by Gasteiger charge is -2.09. The second-order valence-electron chi connectivity index (χ2n) is 5.38. The molecule has 0 spiro atoms. The van der Waals surface area contributed by atoms with E-state index in [9.17, 15) is 4.79 Å². The first-order chi connectivity index (χ1) is 11.7. The molecule has 3 aromatic carbocycles. The summed E-state index contributed by atoms with van der Waals surface area (Å²) in [6.07, 6.45) is 0. The smallest absolute Gasteiger partial charge is 0.255 e. The highest BCUT2D eigenvalue weighted by Crippen LogP contribution is 2.16. The Morgan fingerprint density at radius 3 is 2.08 bits per heavy atom. The molecule has 3 aromatic rings. The Kier molecular flexibility index (Phi) is 5.14. The molecule has 0 saturated heterocycles. The van der Waals surface area contributed by atoms with Gasteiger partial charge in [0.15, 0.2) is 0 Å². The minimum atomic E-state index is -0.113. The topological polar surface area (TPSA) is 41.1 Å². The molecule has 24 heavy (non-hydrogen) atoms. The standard InChI is InChI=1S/C20H17ClN2O/c21-17-8-6-15(7-9-17)14-22-18-10-12-19(13-11-18)23-20(24)16-4-2-1-3-5-16/h1-13,22H,14H2,(H,23,24). The number of anilines is 2. The zero-order valence-electron chi connectivity index (χ0n) is 13.0. The summed E-state index contributed by atoms with van der Waals surface area (Å²) < 4.78 is 0. The van der Waals surface area contributed by atoms with E-state index in [0.717, 1.165) is 22.0 Å². The third-order valence-electron chi connectivity index (χ3n) is 3.59. The van der Waals surface area contributed by atoms with E-state index in [4.69, 9.17) is 11.6 Å². The van der Waals surface area contributed by atoms with Crippen molar-refractivity contribution in [3.63, 3.8) is 0 Å². The zero-order chi connectivity index (χ0) is 16.8. The van der Waals surface area contributed by atoms with Crippen LogP contribution in [0, 0.1) is 0 Å². The van der Waals surface area contributed by atoms with E-state index in [2.05, 4.69) is 10.6 Å². The van der Waals surface area contributed by atoms with Gasteiger partial charge in [-0.1, -0.05) is 41.9 Å². The molecule has 0 radical (unpaired) electrons. The maximum atomic E-state index is 12.1. The molecule has 4 heteroatoms. The van der Waals surface area contributed by atoms with Gasteiger partial charge in [0.25, 0.3) is 5.91 Å². The van der Waals surface area contributed by atoms with Crippen LogP contribution in [0.3, 0.4) is 0 Å². The van der Waals surface area contributed by atoms with Crippen LogP contribution in [0.5, 0.6) is 0 Å². The van der Waals surface area contributed by atoms with Crippen LogP contribution in [-0.2, 0) is 6.54 Å². The first kappa shape index (κ1) is 16.1. The van der Waals surface area contributed by atoms with Crippen LogP contribution in [-0.4, -0.2) is 5.91 Å². The van der Waals surface area contributed by atoms with Crippen molar-refractivity contribution in [1.29, 1.82) is 0 Å². The van der Waals surface area contributed by atoms with Crippen LogP contribution in [0.15, 0.2) is 78.9 Å². The van der Waals surface area contributed by atoms with Gasteiger partial charge in [-0.25, -0.2) is 0 Å². The summed E-state index contributed by atoms with van der Waals surface area (Å²) in [7, 11) is 0. The van der Waals surface area contributed by atoms with Crippen LogP contribution in [0.25, 0.3) is 0 Å². The number of hydrogen-bond acceptors (Lipinski definition) is 2. The molecular weight excluding hydrogens is 320 g/mol. The van der Waals surface area contributed by atoms with Crippen molar-refractivity contribution in [3.8, 4) is 0 Å². The van der Waals surface area contributed by atoms with Gasteiger partial charge < -0.3 is 10.6 Å². The van der Waals surface area contributed by atoms with Crippen molar-refractivity contribution in [2.24, 2.45) is 0 Å².